The highest BCUT2D eigenvalue weighted by Gasteiger charge is 2.64. The third-order valence-corrected chi connectivity index (χ3v) is 35.1. The van der Waals surface area contributed by atoms with Gasteiger partial charge in [-0.3, -0.25) is 0 Å². The van der Waals surface area contributed by atoms with Crippen molar-refractivity contribution in [3.05, 3.63) is 0 Å². The Bertz CT molecular complexity index is 2300. The van der Waals surface area contributed by atoms with Gasteiger partial charge in [0.15, 0.2) is 0 Å². The number of hydrogen-bond donors (Lipinski definition) is 0. The summed E-state index contributed by atoms with van der Waals surface area (Å²) in [4.78, 5) is 0. The molecule has 0 aromatic carbocycles. The van der Waals surface area contributed by atoms with Gasteiger partial charge in [-0.15, -0.1) is 0 Å². The Morgan fingerprint density at radius 1 is 0.226 bits per heavy atom. The van der Waals surface area contributed by atoms with Crippen molar-refractivity contribution in [3.63, 3.8) is 0 Å². The lowest BCUT2D eigenvalue weighted by Crippen LogP contribution is -2.49. The van der Waals surface area contributed by atoms with E-state index in [0.29, 0.717) is 32.5 Å². The topological polar surface area (TPSA) is 0 Å². The molecule has 21 fully saturated rings. The Hall–Kier alpha value is 0. The Morgan fingerprint density at radius 3 is 1.08 bits per heavy atom. The molecule has 0 heterocycles. The van der Waals surface area contributed by atoms with Crippen LogP contribution in [0.25, 0.3) is 0 Å². The minimum atomic E-state index is 0.570. The van der Waals surface area contributed by atoms with E-state index in [4.69, 9.17) is 0 Å². The Balaban J connectivity index is 0.000000111. The molecule has 0 aromatic rings. The van der Waals surface area contributed by atoms with Gasteiger partial charge in [0.05, 0.1) is 0 Å². The summed E-state index contributed by atoms with van der Waals surface area (Å²) in [7, 11) is 0. The average molecular weight is 1280 g/mol. The monoisotopic (exact) mass is 1280 g/mol. The van der Waals surface area contributed by atoms with Crippen molar-refractivity contribution in [2.75, 3.05) is 0 Å². The van der Waals surface area contributed by atoms with Gasteiger partial charge in [-0.2, -0.15) is 0 Å². The first-order chi connectivity index (χ1) is 43.7. The first-order valence-corrected chi connectivity index (χ1v) is 43.7. The molecule has 538 valence electrons. The summed E-state index contributed by atoms with van der Waals surface area (Å²) in [5.41, 5.74) is 4.30. The van der Waals surface area contributed by atoms with Crippen LogP contribution in [-0.2, 0) is 0 Å². The van der Waals surface area contributed by atoms with Gasteiger partial charge in [0.25, 0.3) is 0 Å². The molecule has 18 bridgehead atoms. The summed E-state index contributed by atoms with van der Waals surface area (Å²) in [5.74, 6) is 32.5. The van der Waals surface area contributed by atoms with Crippen molar-refractivity contribution >= 4 is 0 Å². The maximum Gasteiger partial charge on any atom is -0.0295 e. The van der Waals surface area contributed by atoms with Gasteiger partial charge < -0.3 is 0 Å². The van der Waals surface area contributed by atoms with Gasteiger partial charge in [0, 0.05) is 0 Å². The Morgan fingerprint density at radius 2 is 0.634 bits per heavy atom. The minimum Gasteiger partial charge on any atom is -0.0683 e. The normalized spacial score (nSPS) is 47.3. The lowest BCUT2D eigenvalue weighted by Gasteiger charge is -2.59. The van der Waals surface area contributed by atoms with E-state index in [1.807, 2.05) is 27.7 Å². The Kier molecular flexibility index (Phi) is 22.9. The lowest BCUT2D eigenvalue weighted by molar-refractivity contribution is -0.0876. The van der Waals surface area contributed by atoms with E-state index < -0.39 is 0 Å². The lowest BCUT2D eigenvalue weighted by atomic mass is 9.46. The van der Waals surface area contributed by atoms with Crippen LogP contribution >= 0.6 is 0 Å². The zero-order valence-corrected chi connectivity index (χ0v) is 67.3. The highest BCUT2D eigenvalue weighted by molar-refractivity contribution is 5.13. The van der Waals surface area contributed by atoms with Crippen molar-refractivity contribution in [2.24, 2.45) is 210 Å². The molecule has 21 aliphatic rings. The molecule has 0 N–H and O–H groups in total. The predicted molar refractivity (Wildman–Crippen MR) is 406 cm³/mol. The van der Waals surface area contributed by atoms with Crippen molar-refractivity contribution in [2.45, 2.75) is 378 Å². The molecule has 21 aliphatic carbocycles. The van der Waals surface area contributed by atoms with E-state index >= 15 is 0 Å². The van der Waals surface area contributed by atoms with E-state index in [1.54, 1.807) is 154 Å². The molecule has 0 spiro atoms. The summed E-state index contributed by atoms with van der Waals surface area (Å²) < 4.78 is 0. The van der Waals surface area contributed by atoms with E-state index in [-0.39, 0.29) is 0 Å². The average Bonchev–Trinajstić information content (AvgIpc) is 1.66. The smallest absolute Gasteiger partial charge is 0.0295 e. The third-order valence-electron chi connectivity index (χ3n) is 35.1. The van der Waals surface area contributed by atoms with E-state index in [9.17, 15) is 0 Å². The Labute approximate surface area is 583 Å². The quantitative estimate of drug-likeness (QED) is 0.212. The molecule has 24 unspecified atom stereocenters. The second-order valence-corrected chi connectivity index (χ2v) is 45.1. The van der Waals surface area contributed by atoms with Crippen molar-refractivity contribution in [3.8, 4) is 0 Å². The van der Waals surface area contributed by atoms with Crippen LogP contribution in [0.3, 0.4) is 0 Å². The maximum atomic E-state index is 2.53. The standard InChI is InChI=1S/C16H26.C15H26.C14H24.C12H20.C11H18.C11H20.C10H20.2C2H6/c1-16(2,3)13-8-11-7-12(13)15-10-5-4-9(6-10)14(11)15;1-15(2,3)14-9-10-8-13(14)12-7-5-4-6-11(10)12;1-14(2,3)13-8-9-7-12(13)11-6-4-5-10(9)11;1-12(2)10-4-8-3-9(6-10)7-11(12)5-8;1-11(2)9-4-7-3-8(6-9)10(11)5-7;1-11(2,3)10-7-8-4-5-9(10)6-8;1-10(2,3)9-7-5-4-6-8-9;2*1-2/h9-15H,4-8H2,1-3H3;10-14H,4-9H2,1-3H3;9-13H,4-8H2,1-3H3;8-11H,3-7H2,1-2H3;7-10H,3-6H2,1-2H3;8-10H,4-7H2,1-3H3;9H,4-8H2,1-3H3;2*1-2H3. The zero-order valence-electron chi connectivity index (χ0n) is 67.3. The first kappa shape index (κ1) is 74.2. The number of rotatable bonds is 0. The molecule has 0 saturated heterocycles. The molecular formula is C93H166. The second-order valence-electron chi connectivity index (χ2n) is 45.1. The van der Waals surface area contributed by atoms with Crippen LogP contribution in [0.2, 0.25) is 0 Å². The van der Waals surface area contributed by atoms with E-state index in [0.717, 1.165) is 153 Å². The summed E-state index contributed by atoms with van der Waals surface area (Å²) in [6, 6.07) is 0. The minimum absolute atomic E-state index is 0.570. The fraction of sp³-hybridized carbons (Fsp3) is 1.00. The van der Waals surface area contributed by atoms with E-state index in [1.165, 1.54) is 87.9 Å². The summed E-state index contributed by atoms with van der Waals surface area (Å²) >= 11 is 0. The SMILES string of the molecule is CC.CC.CC(C)(C)C1CC2CC1C1C3CCC(C3)C21.CC(C)(C)C1CC2CC1C1CCCC21.CC(C)(C)C1CC2CC1C1CCCCC21.CC(C)(C)C1CC2CCC1C2.CC(C)(C)C1CCCCC1.CC1(C)C2CC3CC(C2)C1C3.CC1(C)C2CC3CC(C2)CC1C3. The first-order valence-electron chi connectivity index (χ1n) is 43.7. The molecule has 0 radical (unpaired) electrons. The van der Waals surface area contributed by atoms with Gasteiger partial charge in [-0.25, -0.2) is 0 Å². The highest BCUT2D eigenvalue weighted by atomic mass is 14.7. The predicted octanol–water partition coefficient (Wildman–Crippen LogP) is 28.6. The van der Waals surface area contributed by atoms with Gasteiger partial charge in [0.1, 0.15) is 0 Å². The van der Waals surface area contributed by atoms with Gasteiger partial charge >= 0.3 is 0 Å². The largest absolute Gasteiger partial charge is 0.0683 e. The molecule has 93 heavy (non-hydrogen) atoms. The number of hydrogen-bond acceptors (Lipinski definition) is 0. The van der Waals surface area contributed by atoms with Crippen LogP contribution in [0.1, 0.15) is 378 Å². The van der Waals surface area contributed by atoms with Crippen LogP contribution in [0.4, 0.5) is 0 Å². The summed E-state index contributed by atoms with van der Waals surface area (Å²) in [5, 5.41) is 0. The van der Waals surface area contributed by atoms with Crippen molar-refractivity contribution < 1.29 is 0 Å². The van der Waals surface area contributed by atoms with Crippen LogP contribution in [-0.4, -0.2) is 0 Å². The fourth-order valence-corrected chi connectivity index (χ4v) is 30.9. The molecule has 21 rings (SSSR count). The molecule has 0 aromatic heterocycles. The van der Waals surface area contributed by atoms with Gasteiger partial charge in [-0.1, -0.05) is 204 Å². The van der Waals surface area contributed by atoms with Crippen molar-refractivity contribution in [1.29, 1.82) is 0 Å². The van der Waals surface area contributed by atoms with Gasteiger partial charge in [0.2, 0.25) is 0 Å². The maximum absolute atomic E-state index is 2.53. The second kappa shape index (κ2) is 28.7. The molecule has 0 heteroatoms. The van der Waals surface area contributed by atoms with Gasteiger partial charge in [-0.05, 0) is 383 Å². The van der Waals surface area contributed by atoms with Crippen LogP contribution in [0.5, 0.6) is 0 Å². The molecule has 0 amide bonds. The summed E-state index contributed by atoms with van der Waals surface area (Å²) in [6.45, 7) is 54.7. The fourth-order valence-electron chi connectivity index (χ4n) is 30.9. The molecule has 0 aliphatic heterocycles. The molecule has 0 nitrogen and oxygen atoms in total. The molecular weight excluding hydrogens is 1120 g/mol. The van der Waals surface area contributed by atoms with Crippen LogP contribution < -0.4 is 0 Å². The van der Waals surface area contributed by atoms with E-state index in [2.05, 4.69) is 132 Å². The molecule has 24 atom stereocenters. The van der Waals surface area contributed by atoms with Crippen LogP contribution in [0.15, 0.2) is 0 Å². The van der Waals surface area contributed by atoms with Crippen LogP contribution in [0, 0.1) is 210 Å². The third kappa shape index (κ3) is 15.3. The number of fused-ring (bicyclic) bond motifs is 21. The highest BCUT2D eigenvalue weighted by Crippen LogP contribution is 2.72. The zero-order chi connectivity index (χ0) is 67.3. The molecule has 21 saturated carbocycles. The van der Waals surface area contributed by atoms with Crippen molar-refractivity contribution in [1.82, 2.24) is 0 Å². The summed E-state index contributed by atoms with van der Waals surface area (Å²) in [6.07, 6.45) is 52.9.